The van der Waals surface area contributed by atoms with Crippen LogP contribution in [0.15, 0.2) is 71.7 Å². The van der Waals surface area contributed by atoms with Crippen molar-refractivity contribution in [1.82, 2.24) is 5.32 Å². The third-order valence-corrected chi connectivity index (χ3v) is 5.43. The Bertz CT molecular complexity index is 1220. The molecule has 7 nitrogen and oxygen atoms in total. The number of para-hydroxylation sites is 1. The summed E-state index contributed by atoms with van der Waals surface area (Å²) in [7, 11) is 3.12. The summed E-state index contributed by atoms with van der Waals surface area (Å²) in [6.07, 6.45) is 0. The van der Waals surface area contributed by atoms with E-state index in [1.165, 1.54) is 6.92 Å². The van der Waals surface area contributed by atoms with Crippen LogP contribution >= 0.6 is 0 Å². The Kier molecular flexibility index (Phi) is 6.40. The van der Waals surface area contributed by atoms with Crippen LogP contribution < -0.4 is 20.1 Å². The monoisotopic (exact) mass is 443 g/mol. The predicted octanol–water partition coefficient (Wildman–Crippen LogP) is 4.20. The van der Waals surface area contributed by atoms with Gasteiger partial charge in [0, 0.05) is 25.2 Å². The molecule has 3 aromatic carbocycles. The Hall–Kier alpha value is -4.13. The van der Waals surface area contributed by atoms with Crippen molar-refractivity contribution in [2.45, 2.75) is 19.4 Å². The van der Waals surface area contributed by atoms with Gasteiger partial charge in [-0.1, -0.05) is 36.4 Å². The van der Waals surface area contributed by atoms with Gasteiger partial charge in [0.05, 0.1) is 25.6 Å². The zero-order valence-electron chi connectivity index (χ0n) is 18.7. The van der Waals surface area contributed by atoms with Crippen molar-refractivity contribution in [2.75, 3.05) is 19.5 Å². The number of carbonyl (C=O) groups excluding carboxylic acids is 2. The maximum atomic E-state index is 13.2. The first-order valence-corrected chi connectivity index (χ1v) is 10.5. The van der Waals surface area contributed by atoms with Gasteiger partial charge in [0.25, 0.3) is 0 Å². The molecule has 2 N–H and O–H groups in total. The molecule has 1 aliphatic heterocycles. The molecule has 0 saturated heterocycles. The molecule has 0 spiro atoms. The number of carbonyl (C=O) groups is 2. The summed E-state index contributed by atoms with van der Waals surface area (Å²) in [6, 6.07) is 20.8. The Balaban J connectivity index is 1.84. The maximum absolute atomic E-state index is 13.2. The molecule has 1 aliphatic rings. The summed E-state index contributed by atoms with van der Waals surface area (Å²) < 4.78 is 10.9. The van der Waals surface area contributed by atoms with Gasteiger partial charge in [-0.05, 0) is 41.0 Å². The van der Waals surface area contributed by atoms with Crippen LogP contribution in [0.1, 0.15) is 29.5 Å². The predicted molar refractivity (Wildman–Crippen MR) is 128 cm³/mol. The molecule has 2 amide bonds. The van der Waals surface area contributed by atoms with Crippen molar-refractivity contribution >= 4 is 28.9 Å². The third-order valence-electron chi connectivity index (χ3n) is 5.43. The quantitative estimate of drug-likeness (QED) is 0.536. The lowest BCUT2D eigenvalue weighted by Crippen LogP contribution is -2.23. The maximum Gasteiger partial charge on any atom is 0.238 e. The molecule has 1 heterocycles. The van der Waals surface area contributed by atoms with Gasteiger partial charge < -0.3 is 20.1 Å². The van der Waals surface area contributed by atoms with Gasteiger partial charge in [-0.2, -0.15) is 0 Å². The van der Waals surface area contributed by atoms with Gasteiger partial charge in [0.1, 0.15) is 5.92 Å². The highest BCUT2D eigenvalue weighted by Gasteiger charge is 2.36. The van der Waals surface area contributed by atoms with E-state index in [1.807, 2.05) is 60.7 Å². The average molecular weight is 444 g/mol. The standard InChI is InChI=1S/C26H25N3O4/c1-16(30)27-15-17-8-7-9-18(12-17)25(28-19-10-5-4-6-11-19)24-20-13-22(32-2)23(33-3)14-21(20)29-26(24)31/h4-14,24H,15H2,1-3H3,(H,27,30)(H,29,31). The Morgan fingerprint density at radius 3 is 2.42 bits per heavy atom. The zero-order chi connectivity index (χ0) is 23.4. The zero-order valence-corrected chi connectivity index (χ0v) is 18.7. The van der Waals surface area contributed by atoms with E-state index in [2.05, 4.69) is 10.6 Å². The number of fused-ring (bicyclic) bond motifs is 1. The minimum atomic E-state index is -0.643. The van der Waals surface area contributed by atoms with E-state index in [-0.39, 0.29) is 11.8 Å². The van der Waals surface area contributed by atoms with Crippen LogP contribution in [0.3, 0.4) is 0 Å². The van der Waals surface area contributed by atoms with Crippen molar-refractivity contribution in [3.05, 3.63) is 83.4 Å². The number of ether oxygens (including phenoxy) is 2. The Labute approximate surface area is 192 Å². The third kappa shape index (κ3) is 4.72. The summed E-state index contributed by atoms with van der Waals surface area (Å²) in [5, 5.41) is 5.76. The molecule has 1 atom stereocenters. The minimum absolute atomic E-state index is 0.108. The minimum Gasteiger partial charge on any atom is -0.493 e. The number of hydrogen-bond acceptors (Lipinski definition) is 5. The molecule has 4 rings (SSSR count). The number of amides is 2. The second-order valence-electron chi connectivity index (χ2n) is 7.66. The number of benzene rings is 3. The number of hydrogen-bond donors (Lipinski definition) is 2. The SMILES string of the molecule is COc1cc2c(cc1OC)C(C(=Nc1ccccc1)c1cccc(CNC(C)=O)c1)C(=O)N2. The second kappa shape index (κ2) is 9.56. The molecular weight excluding hydrogens is 418 g/mol. The molecular formula is C26H25N3O4. The number of nitrogens with zero attached hydrogens (tertiary/aromatic N) is 1. The van der Waals surface area contributed by atoms with Gasteiger partial charge in [-0.15, -0.1) is 0 Å². The Morgan fingerprint density at radius 1 is 1.00 bits per heavy atom. The van der Waals surface area contributed by atoms with Gasteiger partial charge >= 0.3 is 0 Å². The molecule has 0 bridgehead atoms. The average Bonchev–Trinajstić information content (AvgIpc) is 3.15. The highest BCUT2D eigenvalue weighted by atomic mass is 16.5. The van der Waals surface area contributed by atoms with E-state index in [1.54, 1.807) is 20.3 Å². The number of methoxy groups -OCH3 is 2. The van der Waals surface area contributed by atoms with E-state index < -0.39 is 5.92 Å². The van der Waals surface area contributed by atoms with E-state index in [0.717, 1.165) is 22.4 Å². The first-order chi connectivity index (χ1) is 16.0. The molecule has 0 aliphatic carbocycles. The fourth-order valence-corrected chi connectivity index (χ4v) is 3.86. The first-order valence-electron chi connectivity index (χ1n) is 10.5. The van der Waals surface area contributed by atoms with E-state index in [0.29, 0.717) is 29.4 Å². The summed E-state index contributed by atoms with van der Waals surface area (Å²) in [6.45, 7) is 1.87. The topological polar surface area (TPSA) is 89.0 Å². The van der Waals surface area contributed by atoms with Crippen LogP contribution in [0.4, 0.5) is 11.4 Å². The second-order valence-corrected chi connectivity index (χ2v) is 7.66. The molecule has 0 radical (unpaired) electrons. The molecule has 33 heavy (non-hydrogen) atoms. The molecule has 3 aromatic rings. The first kappa shape index (κ1) is 22.1. The smallest absolute Gasteiger partial charge is 0.238 e. The largest absolute Gasteiger partial charge is 0.493 e. The fraction of sp³-hybridized carbons (Fsp3) is 0.192. The van der Waals surface area contributed by atoms with Gasteiger partial charge in [-0.3, -0.25) is 14.6 Å². The van der Waals surface area contributed by atoms with Gasteiger partial charge in [0.15, 0.2) is 11.5 Å². The molecule has 1 unspecified atom stereocenters. The summed E-state index contributed by atoms with van der Waals surface area (Å²) in [4.78, 5) is 29.5. The highest BCUT2D eigenvalue weighted by molar-refractivity contribution is 6.24. The van der Waals surface area contributed by atoms with Crippen molar-refractivity contribution < 1.29 is 19.1 Å². The van der Waals surface area contributed by atoms with Crippen LogP contribution in [0.2, 0.25) is 0 Å². The molecule has 0 aromatic heterocycles. The van der Waals surface area contributed by atoms with Crippen LogP contribution in [0.5, 0.6) is 11.5 Å². The molecule has 168 valence electrons. The lowest BCUT2D eigenvalue weighted by Gasteiger charge is -2.16. The van der Waals surface area contributed by atoms with E-state index in [9.17, 15) is 9.59 Å². The van der Waals surface area contributed by atoms with Crippen LogP contribution in [-0.4, -0.2) is 31.7 Å². The van der Waals surface area contributed by atoms with Crippen molar-refractivity contribution in [3.8, 4) is 11.5 Å². The van der Waals surface area contributed by atoms with Gasteiger partial charge in [0.2, 0.25) is 11.8 Å². The van der Waals surface area contributed by atoms with Crippen LogP contribution in [0.25, 0.3) is 0 Å². The number of nitrogens with one attached hydrogen (secondary N) is 2. The van der Waals surface area contributed by atoms with Crippen LogP contribution in [-0.2, 0) is 16.1 Å². The number of aliphatic imine (C=N–C) groups is 1. The molecule has 7 heteroatoms. The van der Waals surface area contributed by atoms with Crippen molar-refractivity contribution in [1.29, 1.82) is 0 Å². The Morgan fingerprint density at radius 2 is 1.73 bits per heavy atom. The fourth-order valence-electron chi connectivity index (χ4n) is 3.86. The van der Waals surface area contributed by atoms with Crippen molar-refractivity contribution in [2.24, 2.45) is 4.99 Å². The summed E-state index contributed by atoms with van der Waals surface area (Å²) in [5.74, 6) is 0.147. The lowest BCUT2D eigenvalue weighted by atomic mass is 9.89. The number of rotatable bonds is 7. The van der Waals surface area contributed by atoms with E-state index in [4.69, 9.17) is 14.5 Å². The van der Waals surface area contributed by atoms with Gasteiger partial charge in [-0.25, -0.2) is 0 Å². The normalized spacial score (nSPS) is 14.9. The number of anilines is 1. The lowest BCUT2D eigenvalue weighted by molar-refractivity contribution is -0.119. The molecule has 0 saturated carbocycles. The summed E-state index contributed by atoms with van der Waals surface area (Å²) >= 11 is 0. The van der Waals surface area contributed by atoms with Crippen LogP contribution in [0, 0.1) is 0 Å². The van der Waals surface area contributed by atoms with E-state index >= 15 is 0 Å². The highest BCUT2D eigenvalue weighted by Crippen LogP contribution is 2.42. The van der Waals surface area contributed by atoms with Crippen molar-refractivity contribution in [3.63, 3.8) is 0 Å². The summed E-state index contributed by atoms with van der Waals surface area (Å²) in [5.41, 5.74) is 4.48. The molecule has 0 fully saturated rings.